The Morgan fingerprint density at radius 2 is 2.11 bits per heavy atom. The summed E-state index contributed by atoms with van der Waals surface area (Å²) < 4.78 is 15.6. The van der Waals surface area contributed by atoms with Gasteiger partial charge in [0, 0.05) is 29.7 Å². The molecule has 2 nitrogen and oxygen atoms in total. The van der Waals surface area contributed by atoms with Crippen LogP contribution in [0.4, 0.5) is 4.39 Å². The molecule has 0 amide bonds. The van der Waals surface area contributed by atoms with Gasteiger partial charge >= 0.3 is 0 Å². The number of rotatable bonds is 4. The molecule has 2 aromatic rings. The van der Waals surface area contributed by atoms with E-state index < -0.39 is 0 Å². The minimum absolute atomic E-state index is 0.163. The molecule has 0 saturated heterocycles. The number of aromatic nitrogens is 1. The van der Waals surface area contributed by atoms with Gasteiger partial charge < -0.3 is 9.88 Å². The molecule has 1 aromatic heterocycles. The van der Waals surface area contributed by atoms with E-state index >= 15 is 0 Å². The number of halogens is 1. The lowest BCUT2D eigenvalue weighted by molar-refractivity contribution is 0.563. The van der Waals surface area contributed by atoms with E-state index in [0.29, 0.717) is 12.1 Å². The van der Waals surface area contributed by atoms with Crippen LogP contribution in [0.25, 0.3) is 10.9 Å². The van der Waals surface area contributed by atoms with E-state index in [1.54, 1.807) is 6.07 Å². The Labute approximate surface area is 107 Å². The zero-order chi connectivity index (χ0) is 12.7. The molecule has 1 N–H and O–H groups in total. The second kappa shape index (κ2) is 4.39. The predicted octanol–water partition coefficient (Wildman–Crippen LogP) is 3.61. The van der Waals surface area contributed by atoms with E-state index in [-0.39, 0.29) is 5.82 Å². The second-order valence-electron chi connectivity index (χ2n) is 5.46. The summed E-state index contributed by atoms with van der Waals surface area (Å²) in [6, 6.07) is 8.25. The van der Waals surface area contributed by atoms with Crippen LogP contribution in [0.1, 0.15) is 38.4 Å². The minimum Gasteiger partial charge on any atom is -0.341 e. The molecule has 0 atom stereocenters. The fraction of sp³-hybridized carbons (Fsp3) is 0.467. The average molecular weight is 246 g/mol. The highest BCUT2D eigenvalue weighted by molar-refractivity contribution is 5.81. The van der Waals surface area contributed by atoms with Crippen molar-refractivity contribution in [3.63, 3.8) is 0 Å². The summed E-state index contributed by atoms with van der Waals surface area (Å²) in [5, 5.41) is 4.65. The molecule has 1 aromatic carbocycles. The van der Waals surface area contributed by atoms with Gasteiger partial charge in [0.05, 0.1) is 5.52 Å². The maximum absolute atomic E-state index is 13.4. The first kappa shape index (κ1) is 11.7. The summed E-state index contributed by atoms with van der Waals surface area (Å²) in [5.41, 5.74) is 2.25. The van der Waals surface area contributed by atoms with Crippen LogP contribution >= 0.6 is 0 Å². The molecule has 96 valence electrons. The van der Waals surface area contributed by atoms with E-state index in [0.717, 1.165) is 17.4 Å². The van der Waals surface area contributed by atoms with Crippen molar-refractivity contribution >= 4 is 10.9 Å². The number of hydrogen-bond acceptors (Lipinski definition) is 1. The molecule has 0 unspecified atom stereocenters. The molecule has 1 heterocycles. The van der Waals surface area contributed by atoms with Gasteiger partial charge in [0.15, 0.2) is 0 Å². The quantitative estimate of drug-likeness (QED) is 0.872. The number of nitrogens with one attached hydrogen (secondary N) is 1. The third kappa shape index (κ3) is 2.15. The molecule has 1 saturated carbocycles. The van der Waals surface area contributed by atoms with Crippen LogP contribution in [0.3, 0.4) is 0 Å². The van der Waals surface area contributed by atoms with Crippen molar-refractivity contribution in [2.45, 2.75) is 45.3 Å². The Kier molecular flexibility index (Phi) is 2.86. The Morgan fingerprint density at radius 1 is 1.33 bits per heavy atom. The number of fused-ring (bicyclic) bond motifs is 1. The average Bonchev–Trinajstić information content (AvgIpc) is 3.07. The zero-order valence-corrected chi connectivity index (χ0v) is 10.9. The maximum Gasteiger partial charge on any atom is 0.125 e. The Hall–Kier alpha value is -1.35. The highest BCUT2D eigenvalue weighted by atomic mass is 19.1. The fourth-order valence-corrected chi connectivity index (χ4v) is 2.53. The lowest BCUT2D eigenvalue weighted by atomic mass is 10.2. The third-order valence-corrected chi connectivity index (χ3v) is 3.55. The summed E-state index contributed by atoms with van der Waals surface area (Å²) in [7, 11) is 0. The SMILES string of the molecule is CC(C)n1c(CNC2CC2)cc2ccc(F)cc21. The van der Waals surface area contributed by atoms with Crippen LogP contribution in [0.15, 0.2) is 24.3 Å². The Morgan fingerprint density at radius 3 is 2.78 bits per heavy atom. The van der Waals surface area contributed by atoms with E-state index in [1.165, 1.54) is 24.6 Å². The Bertz CT molecular complexity index is 567. The fourth-order valence-electron chi connectivity index (χ4n) is 2.53. The van der Waals surface area contributed by atoms with E-state index in [4.69, 9.17) is 0 Å². The van der Waals surface area contributed by atoms with Crippen LogP contribution < -0.4 is 5.32 Å². The minimum atomic E-state index is -0.163. The van der Waals surface area contributed by atoms with Crippen molar-refractivity contribution in [3.05, 3.63) is 35.8 Å². The summed E-state index contributed by atoms with van der Waals surface area (Å²) in [4.78, 5) is 0. The van der Waals surface area contributed by atoms with Gasteiger partial charge in [-0.1, -0.05) is 0 Å². The largest absolute Gasteiger partial charge is 0.341 e. The van der Waals surface area contributed by atoms with Gasteiger partial charge in [0.2, 0.25) is 0 Å². The second-order valence-corrected chi connectivity index (χ2v) is 5.46. The number of nitrogens with zero attached hydrogens (tertiary/aromatic N) is 1. The van der Waals surface area contributed by atoms with E-state index in [1.807, 2.05) is 6.07 Å². The number of hydrogen-bond donors (Lipinski definition) is 1. The molecule has 0 spiro atoms. The molecule has 3 rings (SSSR count). The normalized spacial score (nSPS) is 15.8. The topological polar surface area (TPSA) is 17.0 Å². The Balaban J connectivity index is 2.02. The van der Waals surface area contributed by atoms with Crippen LogP contribution in [0, 0.1) is 5.82 Å². The summed E-state index contributed by atoms with van der Waals surface area (Å²) >= 11 is 0. The zero-order valence-electron chi connectivity index (χ0n) is 10.9. The van der Waals surface area contributed by atoms with Gasteiger partial charge in [-0.15, -0.1) is 0 Å². The first-order valence-electron chi connectivity index (χ1n) is 6.68. The van der Waals surface area contributed by atoms with Crippen LogP contribution in [0.5, 0.6) is 0 Å². The van der Waals surface area contributed by atoms with Crippen molar-refractivity contribution in [2.75, 3.05) is 0 Å². The molecule has 0 bridgehead atoms. The van der Waals surface area contributed by atoms with Gasteiger partial charge in [-0.2, -0.15) is 0 Å². The lowest BCUT2D eigenvalue weighted by Crippen LogP contribution is -2.18. The van der Waals surface area contributed by atoms with Gasteiger partial charge in [-0.05, 0) is 51.0 Å². The monoisotopic (exact) mass is 246 g/mol. The number of benzene rings is 1. The lowest BCUT2D eigenvalue weighted by Gasteiger charge is -2.15. The molecule has 0 aliphatic heterocycles. The smallest absolute Gasteiger partial charge is 0.125 e. The van der Waals surface area contributed by atoms with E-state index in [9.17, 15) is 4.39 Å². The maximum atomic E-state index is 13.4. The van der Waals surface area contributed by atoms with Gasteiger partial charge in [-0.3, -0.25) is 0 Å². The highest BCUT2D eigenvalue weighted by Gasteiger charge is 2.21. The van der Waals surface area contributed by atoms with Crippen molar-refractivity contribution in [2.24, 2.45) is 0 Å². The molecule has 0 radical (unpaired) electrons. The van der Waals surface area contributed by atoms with Gasteiger partial charge in [-0.25, -0.2) is 4.39 Å². The van der Waals surface area contributed by atoms with Gasteiger partial charge in [0.1, 0.15) is 5.82 Å². The molecule has 3 heteroatoms. The highest BCUT2D eigenvalue weighted by Crippen LogP contribution is 2.26. The molecule has 1 aliphatic rings. The first-order chi connectivity index (χ1) is 8.65. The predicted molar refractivity (Wildman–Crippen MR) is 72.1 cm³/mol. The van der Waals surface area contributed by atoms with Crippen molar-refractivity contribution in [1.29, 1.82) is 0 Å². The van der Waals surface area contributed by atoms with Crippen molar-refractivity contribution in [1.82, 2.24) is 9.88 Å². The van der Waals surface area contributed by atoms with Crippen LogP contribution in [-0.2, 0) is 6.54 Å². The molecule has 1 fully saturated rings. The third-order valence-electron chi connectivity index (χ3n) is 3.55. The van der Waals surface area contributed by atoms with E-state index in [2.05, 4.69) is 29.8 Å². The van der Waals surface area contributed by atoms with Crippen LogP contribution in [0.2, 0.25) is 0 Å². The molecular formula is C15H19FN2. The molecule has 1 aliphatic carbocycles. The van der Waals surface area contributed by atoms with Crippen LogP contribution in [-0.4, -0.2) is 10.6 Å². The molecule has 18 heavy (non-hydrogen) atoms. The first-order valence-corrected chi connectivity index (χ1v) is 6.68. The van der Waals surface area contributed by atoms with Crippen molar-refractivity contribution in [3.8, 4) is 0 Å². The van der Waals surface area contributed by atoms with Crippen molar-refractivity contribution < 1.29 is 4.39 Å². The standard InChI is InChI=1S/C15H19FN2/c1-10(2)18-14(9-17-13-5-6-13)7-11-3-4-12(16)8-15(11)18/h3-4,7-8,10,13,17H,5-6,9H2,1-2H3. The summed E-state index contributed by atoms with van der Waals surface area (Å²) in [6.45, 7) is 5.16. The molecular weight excluding hydrogens is 227 g/mol. The summed E-state index contributed by atoms with van der Waals surface area (Å²) in [6.07, 6.45) is 2.58. The summed E-state index contributed by atoms with van der Waals surface area (Å²) in [5.74, 6) is -0.163. The van der Waals surface area contributed by atoms with Gasteiger partial charge in [0.25, 0.3) is 0 Å².